The zero-order valence-electron chi connectivity index (χ0n) is 11.4. The highest BCUT2D eigenvalue weighted by molar-refractivity contribution is 9.10. The molecule has 2 aromatic rings. The van der Waals surface area contributed by atoms with Crippen molar-refractivity contribution in [2.24, 2.45) is 0 Å². The van der Waals surface area contributed by atoms with Gasteiger partial charge in [-0.15, -0.1) is 0 Å². The molecule has 0 aliphatic heterocycles. The van der Waals surface area contributed by atoms with Crippen LogP contribution in [0, 0.1) is 18.3 Å². The van der Waals surface area contributed by atoms with Crippen molar-refractivity contribution in [1.82, 2.24) is 0 Å². The molecule has 0 aromatic heterocycles. The normalized spacial score (nSPS) is 9.90. The summed E-state index contributed by atoms with van der Waals surface area (Å²) >= 11 is 3.43. The fourth-order valence-corrected chi connectivity index (χ4v) is 2.34. The van der Waals surface area contributed by atoms with Gasteiger partial charge in [-0.2, -0.15) is 5.26 Å². The third-order valence-electron chi connectivity index (χ3n) is 3.11. The molecule has 2 aromatic carbocycles. The summed E-state index contributed by atoms with van der Waals surface area (Å²) in [7, 11) is 1.65. The van der Waals surface area contributed by atoms with E-state index in [9.17, 15) is 0 Å². The number of hydrogen-bond donors (Lipinski definition) is 1. The standard InChI is InChI=1S/C16H15BrN2O/c1-11-7-12(9-18)3-4-13(11)10-19-14-5-6-15(17)16(8-14)20-2/h3-8,19H,10H2,1-2H3. The maximum absolute atomic E-state index is 8.86. The molecule has 0 aliphatic carbocycles. The van der Waals surface area contributed by atoms with E-state index in [2.05, 4.69) is 27.3 Å². The van der Waals surface area contributed by atoms with Crippen LogP contribution in [0.4, 0.5) is 5.69 Å². The molecule has 0 fully saturated rings. The van der Waals surface area contributed by atoms with Crippen molar-refractivity contribution in [2.75, 3.05) is 12.4 Å². The van der Waals surface area contributed by atoms with Crippen molar-refractivity contribution < 1.29 is 4.74 Å². The second-order valence-corrected chi connectivity index (χ2v) is 5.31. The molecule has 3 nitrogen and oxygen atoms in total. The molecule has 0 saturated heterocycles. The molecule has 0 atom stereocenters. The topological polar surface area (TPSA) is 45.0 Å². The monoisotopic (exact) mass is 330 g/mol. The van der Waals surface area contributed by atoms with Gasteiger partial charge in [0.1, 0.15) is 5.75 Å². The Hall–Kier alpha value is -1.99. The van der Waals surface area contributed by atoms with Gasteiger partial charge in [0, 0.05) is 18.3 Å². The van der Waals surface area contributed by atoms with Crippen LogP contribution >= 0.6 is 15.9 Å². The fourth-order valence-electron chi connectivity index (χ4n) is 1.93. The summed E-state index contributed by atoms with van der Waals surface area (Å²) in [6.07, 6.45) is 0. The molecule has 1 N–H and O–H groups in total. The zero-order valence-corrected chi connectivity index (χ0v) is 13.0. The number of anilines is 1. The van der Waals surface area contributed by atoms with E-state index in [4.69, 9.17) is 10.00 Å². The molecule has 2 rings (SSSR count). The number of benzene rings is 2. The summed E-state index contributed by atoms with van der Waals surface area (Å²) < 4.78 is 6.20. The summed E-state index contributed by atoms with van der Waals surface area (Å²) in [5, 5.41) is 12.2. The number of rotatable bonds is 4. The molecule has 0 radical (unpaired) electrons. The van der Waals surface area contributed by atoms with Gasteiger partial charge in [0.05, 0.1) is 23.2 Å². The number of nitriles is 1. The van der Waals surface area contributed by atoms with E-state index >= 15 is 0 Å². The van der Waals surface area contributed by atoms with Crippen LogP contribution in [0.2, 0.25) is 0 Å². The lowest BCUT2D eigenvalue weighted by Crippen LogP contribution is -2.02. The maximum Gasteiger partial charge on any atom is 0.135 e. The van der Waals surface area contributed by atoms with Crippen LogP contribution in [0.25, 0.3) is 0 Å². The van der Waals surface area contributed by atoms with Gasteiger partial charge in [-0.25, -0.2) is 0 Å². The minimum absolute atomic E-state index is 0.691. The molecular weight excluding hydrogens is 316 g/mol. The van der Waals surface area contributed by atoms with Crippen LogP contribution in [-0.2, 0) is 6.54 Å². The van der Waals surface area contributed by atoms with E-state index in [0.717, 1.165) is 21.5 Å². The summed E-state index contributed by atoms with van der Waals surface area (Å²) in [6.45, 7) is 2.72. The number of aryl methyl sites for hydroxylation is 1. The van der Waals surface area contributed by atoms with Crippen LogP contribution < -0.4 is 10.1 Å². The lowest BCUT2D eigenvalue weighted by molar-refractivity contribution is 0.412. The van der Waals surface area contributed by atoms with Gasteiger partial charge in [0.15, 0.2) is 0 Å². The van der Waals surface area contributed by atoms with Crippen molar-refractivity contribution in [1.29, 1.82) is 5.26 Å². The number of ether oxygens (including phenoxy) is 1. The third kappa shape index (κ3) is 3.31. The summed E-state index contributed by atoms with van der Waals surface area (Å²) in [4.78, 5) is 0. The first-order valence-electron chi connectivity index (χ1n) is 6.21. The van der Waals surface area contributed by atoms with E-state index in [1.54, 1.807) is 7.11 Å². The Labute approximate surface area is 127 Å². The van der Waals surface area contributed by atoms with Crippen molar-refractivity contribution >= 4 is 21.6 Å². The molecule has 4 heteroatoms. The van der Waals surface area contributed by atoms with E-state index in [-0.39, 0.29) is 0 Å². The largest absolute Gasteiger partial charge is 0.495 e. The van der Waals surface area contributed by atoms with Crippen LogP contribution in [0.1, 0.15) is 16.7 Å². The van der Waals surface area contributed by atoms with Gasteiger partial charge in [0.25, 0.3) is 0 Å². The molecule has 0 aliphatic rings. The Morgan fingerprint density at radius 1 is 1.25 bits per heavy atom. The van der Waals surface area contributed by atoms with Gasteiger partial charge in [-0.1, -0.05) is 6.07 Å². The Morgan fingerprint density at radius 3 is 2.70 bits per heavy atom. The van der Waals surface area contributed by atoms with Gasteiger partial charge in [-0.05, 0) is 58.2 Å². The van der Waals surface area contributed by atoms with Gasteiger partial charge in [0.2, 0.25) is 0 Å². The highest BCUT2D eigenvalue weighted by Gasteiger charge is 2.03. The molecule has 102 valence electrons. The Bertz CT molecular complexity index is 662. The predicted octanol–water partition coefficient (Wildman–Crippen LogP) is 4.25. The van der Waals surface area contributed by atoms with E-state index in [1.807, 2.05) is 43.3 Å². The SMILES string of the molecule is COc1cc(NCc2ccc(C#N)cc2C)ccc1Br. The molecular formula is C16H15BrN2O. The van der Waals surface area contributed by atoms with Gasteiger partial charge >= 0.3 is 0 Å². The summed E-state index contributed by atoms with van der Waals surface area (Å²) in [5.74, 6) is 0.798. The number of methoxy groups -OCH3 is 1. The smallest absolute Gasteiger partial charge is 0.135 e. The van der Waals surface area contributed by atoms with Crippen molar-refractivity contribution in [3.05, 3.63) is 57.6 Å². The Kier molecular flexibility index (Phi) is 4.65. The Morgan fingerprint density at radius 2 is 2.05 bits per heavy atom. The molecule has 0 heterocycles. The van der Waals surface area contributed by atoms with E-state index in [0.29, 0.717) is 12.1 Å². The van der Waals surface area contributed by atoms with Crippen LogP contribution in [0.15, 0.2) is 40.9 Å². The first-order chi connectivity index (χ1) is 9.63. The van der Waals surface area contributed by atoms with E-state index < -0.39 is 0 Å². The second kappa shape index (κ2) is 6.44. The second-order valence-electron chi connectivity index (χ2n) is 4.46. The van der Waals surface area contributed by atoms with Crippen LogP contribution in [0.3, 0.4) is 0 Å². The van der Waals surface area contributed by atoms with Gasteiger partial charge in [-0.3, -0.25) is 0 Å². The first kappa shape index (κ1) is 14.4. The minimum Gasteiger partial charge on any atom is -0.495 e. The molecule has 20 heavy (non-hydrogen) atoms. The number of nitrogens with one attached hydrogen (secondary N) is 1. The molecule has 0 saturated carbocycles. The average molecular weight is 331 g/mol. The van der Waals surface area contributed by atoms with Crippen molar-refractivity contribution in [3.8, 4) is 11.8 Å². The molecule has 0 spiro atoms. The zero-order chi connectivity index (χ0) is 14.5. The van der Waals surface area contributed by atoms with Crippen LogP contribution in [0.5, 0.6) is 5.75 Å². The molecule has 0 bridgehead atoms. The minimum atomic E-state index is 0.691. The lowest BCUT2D eigenvalue weighted by atomic mass is 10.1. The number of halogens is 1. The molecule has 0 amide bonds. The average Bonchev–Trinajstić information content (AvgIpc) is 2.47. The highest BCUT2D eigenvalue weighted by Crippen LogP contribution is 2.28. The maximum atomic E-state index is 8.86. The summed E-state index contributed by atoms with van der Waals surface area (Å²) in [5.41, 5.74) is 3.97. The first-order valence-corrected chi connectivity index (χ1v) is 7.00. The van der Waals surface area contributed by atoms with Crippen LogP contribution in [-0.4, -0.2) is 7.11 Å². The predicted molar refractivity (Wildman–Crippen MR) is 83.9 cm³/mol. The molecule has 0 unspecified atom stereocenters. The van der Waals surface area contributed by atoms with E-state index in [1.165, 1.54) is 5.56 Å². The third-order valence-corrected chi connectivity index (χ3v) is 3.76. The fraction of sp³-hybridized carbons (Fsp3) is 0.188. The summed E-state index contributed by atoms with van der Waals surface area (Å²) in [6, 6.07) is 13.8. The van der Waals surface area contributed by atoms with Gasteiger partial charge < -0.3 is 10.1 Å². The quantitative estimate of drug-likeness (QED) is 0.911. The highest BCUT2D eigenvalue weighted by atomic mass is 79.9. The Balaban J connectivity index is 2.11. The van der Waals surface area contributed by atoms with Crippen molar-refractivity contribution in [2.45, 2.75) is 13.5 Å². The lowest BCUT2D eigenvalue weighted by Gasteiger charge is -2.11. The number of nitrogens with zero attached hydrogens (tertiary/aromatic N) is 1. The van der Waals surface area contributed by atoms with Crippen molar-refractivity contribution in [3.63, 3.8) is 0 Å². The number of hydrogen-bond acceptors (Lipinski definition) is 3.